The summed E-state index contributed by atoms with van der Waals surface area (Å²) in [6.45, 7) is 3.40. The minimum absolute atomic E-state index is 0.00423. The maximum absolute atomic E-state index is 11.2. The van der Waals surface area contributed by atoms with Crippen molar-refractivity contribution in [1.82, 2.24) is 9.62 Å². The zero-order valence-electron chi connectivity index (χ0n) is 15.9. The first-order chi connectivity index (χ1) is 13.4. The Balaban J connectivity index is 0.000000370. The molecule has 1 aromatic heterocycles. The van der Waals surface area contributed by atoms with Crippen LogP contribution in [-0.4, -0.2) is 68.2 Å². The molecule has 3 rings (SSSR count). The Morgan fingerprint density at radius 1 is 1.45 bits per heavy atom. The molecule has 0 saturated carbocycles. The molecule has 12 heteroatoms. The third-order valence-corrected chi connectivity index (χ3v) is 6.20. The zero-order valence-corrected chi connectivity index (χ0v) is 17.6. The van der Waals surface area contributed by atoms with Crippen LogP contribution in [0.2, 0.25) is 0 Å². The fourth-order valence-electron chi connectivity index (χ4n) is 3.51. The lowest BCUT2D eigenvalue weighted by atomic mass is 9.90. The first-order valence-corrected chi connectivity index (χ1v) is 11.9. The Labute approximate surface area is 171 Å². The number of sulfonamides is 1. The molecule has 0 radical (unpaired) electrons. The van der Waals surface area contributed by atoms with Gasteiger partial charge in [-0.2, -0.15) is 24.5 Å². The summed E-state index contributed by atoms with van der Waals surface area (Å²) in [5.41, 5.74) is 1.30. The first kappa shape index (κ1) is 24.1. The van der Waals surface area contributed by atoms with Gasteiger partial charge in [0.2, 0.25) is 10.0 Å². The average Bonchev–Trinajstić information content (AvgIpc) is 3.23. The van der Waals surface area contributed by atoms with E-state index >= 15 is 0 Å². The maximum atomic E-state index is 11.2. The Morgan fingerprint density at radius 3 is 2.69 bits per heavy atom. The standard InChI is InChI=1S/C15H24N2O3S2.C2HF3O2/c1-22(18,19)16-9-14-3-2-5-15(20-14)6-7-17(12-15)10-13-4-8-21-11-13;3-2(4,5)1(6)7/h4,8,11,14,16H,2-3,5-7,9-10,12H2,1H3;(H,6,7)/t14-,15-;/m1./s1. The largest absolute Gasteiger partial charge is 0.490 e. The second-order valence-electron chi connectivity index (χ2n) is 7.33. The number of carboxylic acid groups (broad SMARTS) is 1. The summed E-state index contributed by atoms with van der Waals surface area (Å²) in [5.74, 6) is -2.76. The minimum atomic E-state index is -5.08. The molecule has 2 aliphatic heterocycles. The number of thiophene rings is 1. The first-order valence-electron chi connectivity index (χ1n) is 9.05. The maximum Gasteiger partial charge on any atom is 0.490 e. The number of hydrogen-bond acceptors (Lipinski definition) is 6. The van der Waals surface area contributed by atoms with Crippen molar-refractivity contribution >= 4 is 27.3 Å². The van der Waals surface area contributed by atoms with E-state index in [1.165, 1.54) is 11.8 Å². The molecule has 2 atom stereocenters. The van der Waals surface area contributed by atoms with E-state index in [2.05, 4.69) is 26.4 Å². The van der Waals surface area contributed by atoms with Gasteiger partial charge in [0.1, 0.15) is 0 Å². The van der Waals surface area contributed by atoms with Gasteiger partial charge in [0.25, 0.3) is 0 Å². The van der Waals surface area contributed by atoms with Crippen LogP contribution in [0.5, 0.6) is 0 Å². The fourth-order valence-corrected chi connectivity index (χ4v) is 4.66. The zero-order chi connectivity index (χ0) is 21.7. The summed E-state index contributed by atoms with van der Waals surface area (Å²) in [7, 11) is -3.14. The van der Waals surface area contributed by atoms with Crippen molar-refractivity contribution in [2.75, 3.05) is 25.9 Å². The van der Waals surface area contributed by atoms with Crippen LogP contribution >= 0.6 is 11.3 Å². The number of likely N-dealkylation sites (tertiary alicyclic amines) is 1. The SMILES string of the molecule is CS(=O)(=O)NC[C@H]1CCC[C@]2(CCN(Cc3ccsc3)C2)O1.O=C(O)C(F)(F)F. The highest BCUT2D eigenvalue weighted by Crippen LogP contribution is 2.37. The van der Waals surface area contributed by atoms with Crippen LogP contribution in [0.15, 0.2) is 16.8 Å². The van der Waals surface area contributed by atoms with Crippen LogP contribution in [0.1, 0.15) is 31.2 Å². The number of nitrogens with zero attached hydrogens (tertiary/aromatic N) is 1. The van der Waals surface area contributed by atoms with Gasteiger partial charge < -0.3 is 9.84 Å². The van der Waals surface area contributed by atoms with E-state index in [4.69, 9.17) is 14.6 Å². The number of alkyl halides is 3. The van der Waals surface area contributed by atoms with Gasteiger partial charge in [-0.3, -0.25) is 4.90 Å². The Hall–Kier alpha value is -1.21. The number of nitrogens with one attached hydrogen (secondary N) is 1. The summed E-state index contributed by atoms with van der Waals surface area (Å²) in [6, 6.07) is 2.18. The van der Waals surface area contributed by atoms with Gasteiger partial charge in [-0.05, 0) is 48.1 Å². The Morgan fingerprint density at radius 2 is 2.14 bits per heavy atom. The molecule has 0 aromatic carbocycles. The lowest BCUT2D eigenvalue weighted by Crippen LogP contribution is -2.46. The smallest absolute Gasteiger partial charge is 0.475 e. The average molecular weight is 459 g/mol. The van der Waals surface area contributed by atoms with E-state index in [9.17, 15) is 21.6 Å². The molecule has 0 amide bonds. The van der Waals surface area contributed by atoms with Crippen LogP contribution in [0.25, 0.3) is 0 Å². The van der Waals surface area contributed by atoms with E-state index in [0.717, 1.165) is 45.3 Å². The lowest BCUT2D eigenvalue weighted by Gasteiger charge is -2.38. The van der Waals surface area contributed by atoms with Crippen molar-refractivity contribution in [1.29, 1.82) is 0 Å². The molecular formula is C17H25F3N2O5S2. The van der Waals surface area contributed by atoms with Gasteiger partial charge in [0, 0.05) is 26.2 Å². The van der Waals surface area contributed by atoms with Crippen LogP contribution in [-0.2, 0) is 26.1 Å². The van der Waals surface area contributed by atoms with Gasteiger partial charge in [0.05, 0.1) is 18.0 Å². The van der Waals surface area contributed by atoms with Crippen molar-refractivity contribution in [3.8, 4) is 0 Å². The van der Waals surface area contributed by atoms with Gasteiger partial charge in [-0.25, -0.2) is 17.9 Å². The highest BCUT2D eigenvalue weighted by Gasteiger charge is 2.43. The number of aliphatic carboxylic acids is 1. The van der Waals surface area contributed by atoms with E-state index in [-0.39, 0.29) is 11.7 Å². The third kappa shape index (κ3) is 8.21. The van der Waals surface area contributed by atoms with Crippen molar-refractivity contribution in [2.45, 2.75) is 50.1 Å². The van der Waals surface area contributed by atoms with Crippen molar-refractivity contribution in [2.24, 2.45) is 0 Å². The number of halogens is 3. The van der Waals surface area contributed by atoms with E-state index < -0.39 is 22.2 Å². The monoisotopic (exact) mass is 458 g/mol. The summed E-state index contributed by atoms with van der Waals surface area (Å²) in [5, 5.41) is 11.4. The van der Waals surface area contributed by atoms with Crippen LogP contribution in [0.4, 0.5) is 13.2 Å². The summed E-state index contributed by atoms with van der Waals surface area (Å²) in [6.07, 6.45) is 0.306. The molecule has 7 nitrogen and oxygen atoms in total. The summed E-state index contributed by atoms with van der Waals surface area (Å²) >= 11 is 1.74. The van der Waals surface area contributed by atoms with E-state index in [0.29, 0.717) is 6.54 Å². The molecule has 2 aliphatic rings. The number of carboxylic acids is 1. The molecule has 1 aromatic rings. The molecule has 2 fully saturated rings. The number of hydrogen-bond donors (Lipinski definition) is 2. The normalized spacial score (nSPS) is 25.6. The van der Waals surface area contributed by atoms with E-state index in [1.54, 1.807) is 11.3 Å². The molecule has 29 heavy (non-hydrogen) atoms. The number of ether oxygens (including phenoxy) is 1. The van der Waals surface area contributed by atoms with Crippen LogP contribution in [0.3, 0.4) is 0 Å². The molecule has 0 aliphatic carbocycles. The minimum Gasteiger partial charge on any atom is -0.475 e. The third-order valence-electron chi connectivity index (χ3n) is 4.77. The molecule has 166 valence electrons. The molecule has 2 N–H and O–H groups in total. The topological polar surface area (TPSA) is 95.9 Å². The Bertz CT molecular complexity index is 771. The second-order valence-corrected chi connectivity index (χ2v) is 9.94. The van der Waals surface area contributed by atoms with Crippen molar-refractivity contribution in [3.63, 3.8) is 0 Å². The van der Waals surface area contributed by atoms with Gasteiger partial charge in [0.15, 0.2) is 0 Å². The van der Waals surface area contributed by atoms with Crippen molar-refractivity contribution in [3.05, 3.63) is 22.4 Å². The van der Waals surface area contributed by atoms with Crippen LogP contribution in [0, 0.1) is 0 Å². The van der Waals surface area contributed by atoms with Gasteiger partial charge in [-0.15, -0.1) is 0 Å². The quantitative estimate of drug-likeness (QED) is 0.704. The number of rotatable bonds is 5. The predicted octanol–water partition coefficient (Wildman–Crippen LogP) is 2.44. The summed E-state index contributed by atoms with van der Waals surface area (Å²) in [4.78, 5) is 11.3. The highest BCUT2D eigenvalue weighted by atomic mass is 32.2. The lowest BCUT2D eigenvalue weighted by molar-refractivity contribution is -0.192. The second kappa shape index (κ2) is 9.73. The van der Waals surface area contributed by atoms with E-state index in [1.807, 2.05) is 0 Å². The predicted molar refractivity (Wildman–Crippen MR) is 102 cm³/mol. The Kier molecular flexibility index (Phi) is 8.08. The molecule has 0 bridgehead atoms. The molecule has 1 spiro atoms. The van der Waals surface area contributed by atoms with Gasteiger partial charge >= 0.3 is 12.1 Å². The van der Waals surface area contributed by atoms with Crippen molar-refractivity contribution < 1.29 is 36.2 Å². The molecular weight excluding hydrogens is 433 g/mol. The number of carbonyl (C=O) groups is 1. The molecule has 0 unspecified atom stereocenters. The summed E-state index contributed by atoms with van der Waals surface area (Å²) < 4.78 is 63.1. The highest BCUT2D eigenvalue weighted by molar-refractivity contribution is 7.88. The van der Waals surface area contributed by atoms with Crippen LogP contribution < -0.4 is 4.72 Å². The fraction of sp³-hybridized carbons (Fsp3) is 0.706. The van der Waals surface area contributed by atoms with Gasteiger partial charge in [-0.1, -0.05) is 0 Å². The molecule has 2 saturated heterocycles. The molecule has 3 heterocycles.